The first-order chi connectivity index (χ1) is 14.9. The molecule has 0 amide bonds. The fraction of sp³-hybridized carbons (Fsp3) is 0.136. The van der Waals surface area contributed by atoms with Crippen LogP contribution in [0, 0.1) is 0 Å². The third-order valence-electron chi connectivity index (χ3n) is 4.72. The standard InChI is InChI=1S/C22H19NO7S/c1-23(16-6-8-17(27-2)9-7-16)31(25,26)19-5-3-4-15(12-19)22(24)30-18-10-11-20-21(13-18)29-14-28-20/h3-13H,14H2,1-2H3. The second kappa shape index (κ2) is 8.19. The van der Waals surface area contributed by atoms with E-state index < -0.39 is 16.0 Å². The van der Waals surface area contributed by atoms with Crippen molar-refractivity contribution in [2.24, 2.45) is 0 Å². The number of methoxy groups -OCH3 is 1. The van der Waals surface area contributed by atoms with Crippen molar-refractivity contribution in [1.29, 1.82) is 0 Å². The van der Waals surface area contributed by atoms with Crippen LogP contribution >= 0.6 is 0 Å². The third-order valence-corrected chi connectivity index (χ3v) is 6.50. The molecule has 0 N–H and O–H groups in total. The molecule has 8 nitrogen and oxygen atoms in total. The minimum Gasteiger partial charge on any atom is -0.497 e. The highest BCUT2D eigenvalue weighted by Crippen LogP contribution is 2.35. The zero-order chi connectivity index (χ0) is 22.0. The van der Waals surface area contributed by atoms with E-state index in [1.165, 1.54) is 44.5 Å². The largest absolute Gasteiger partial charge is 0.497 e. The molecule has 0 aliphatic carbocycles. The highest BCUT2D eigenvalue weighted by atomic mass is 32.2. The molecule has 0 atom stereocenters. The molecular weight excluding hydrogens is 422 g/mol. The van der Waals surface area contributed by atoms with Crippen LogP contribution in [0.5, 0.6) is 23.0 Å². The summed E-state index contributed by atoms with van der Waals surface area (Å²) in [6, 6.07) is 17.0. The van der Waals surface area contributed by atoms with E-state index in [4.69, 9.17) is 18.9 Å². The number of carbonyl (C=O) groups is 1. The molecule has 0 saturated heterocycles. The van der Waals surface area contributed by atoms with Gasteiger partial charge < -0.3 is 18.9 Å². The zero-order valence-corrected chi connectivity index (χ0v) is 17.6. The number of hydrogen-bond donors (Lipinski definition) is 0. The molecule has 1 aliphatic heterocycles. The highest BCUT2D eigenvalue weighted by Gasteiger charge is 2.23. The summed E-state index contributed by atoms with van der Waals surface area (Å²) in [5, 5.41) is 0. The van der Waals surface area contributed by atoms with Crippen LogP contribution in [0.3, 0.4) is 0 Å². The van der Waals surface area contributed by atoms with Crippen LogP contribution in [0.2, 0.25) is 0 Å². The van der Waals surface area contributed by atoms with Crippen LogP contribution in [0.25, 0.3) is 0 Å². The fourth-order valence-corrected chi connectivity index (χ4v) is 4.22. The molecule has 160 valence electrons. The Balaban J connectivity index is 1.55. The summed E-state index contributed by atoms with van der Waals surface area (Å²) < 4.78 is 48.2. The maximum atomic E-state index is 13.1. The van der Waals surface area contributed by atoms with E-state index in [1.54, 1.807) is 36.4 Å². The van der Waals surface area contributed by atoms with E-state index in [0.29, 0.717) is 22.9 Å². The molecule has 4 rings (SSSR count). The van der Waals surface area contributed by atoms with E-state index >= 15 is 0 Å². The predicted octanol–water partition coefficient (Wildman–Crippen LogP) is 3.47. The van der Waals surface area contributed by atoms with Crippen LogP contribution in [-0.2, 0) is 10.0 Å². The third kappa shape index (κ3) is 4.13. The van der Waals surface area contributed by atoms with Crippen LogP contribution in [-0.4, -0.2) is 35.3 Å². The van der Waals surface area contributed by atoms with Gasteiger partial charge in [-0.25, -0.2) is 13.2 Å². The number of rotatable bonds is 6. The molecule has 0 saturated carbocycles. The van der Waals surface area contributed by atoms with Crippen molar-refractivity contribution in [2.45, 2.75) is 4.90 Å². The molecule has 0 aromatic heterocycles. The van der Waals surface area contributed by atoms with Gasteiger partial charge in [0.1, 0.15) is 11.5 Å². The average Bonchev–Trinajstić information content (AvgIpc) is 3.26. The van der Waals surface area contributed by atoms with Crippen molar-refractivity contribution in [1.82, 2.24) is 0 Å². The number of sulfonamides is 1. The van der Waals surface area contributed by atoms with Gasteiger partial charge in [-0.05, 0) is 54.6 Å². The number of hydrogen-bond acceptors (Lipinski definition) is 7. The average molecular weight is 441 g/mol. The van der Waals surface area contributed by atoms with Gasteiger partial charge in [-0.1, -0.05) is 6.07 Å². The SMILES string of the molecule is COc1ccc(N(C)S(=O)(=O)c2cccc(C(=O)Oc3ccc4c(c3)OCO4)c2)cc1. The quantitative estimate of drug-likeness (QED) is 0.427. The molecule has 3 aromatic rings. The van der Waals surface area contributed by atoms with Crippen molar-refractivity contribution in [3.05, 3.63) is 72.3 Å². The van der Waals surface area contributed by atoms with Gasteiger partial charge in [-0.3, -0.25) is 4.31 Å². The lowest BCUT2D eigenvalue weighted by atomic mass is 10.2. The number of carbonyl (C=O) groups excluding carboxylic acids is 1. The first-order valence-corrected chi connectivity index (χ1v) is 10.7. The Morgan fingerprint density at radius 1 is 0.935 bits per heavy atom. The molecule has 0 bridgehead atoms. The van der Waals surface area contributed by atoms with Gasteiger partial charge in [0.15, 0.2) is 11.5 Å². The van der Waals surface area contributed by atoms with Crippen molar-refractivity contribution in [3.63, 3.8) is 0 Å². The maximum absolute atomic E-state index is 13.1. The van der Waals surface area contributed by atoms with E-state index in [-0.39, 0.29) is 23.0 Å². The van der Waals surface area contributed by atoms with Gasteiger partial charge in [0, 0.05) is 13.1 Å². The minimum atomic E-state index is -3.90. The van der Waals surface area contributed by atoms with E-state index in [0.717, 1.165) is 4.31 Å². The van der Waals surface area contributed by atoms with Gasteiger partial charge in [-0.15, -0.1) is 0 Å². The molecule has 1 aliphatic rings. The molecule has 3 aromatic carbocycles. The van der Waals surface area contributed by atoms with Crippen LogP contribution < -0.4 is 23.3 Å². The Morgan fingerprint density at radius 2 is 1.65 bits per heavy atom. The molecule has 9 heteroatoms. The molecule has 1 heterocycles. The van der Waals surface area contributed by atoms with Gasteiger partial charge in [-0.2, -0.15) is 0 Å². The summed E-state index contributed by atoms with van der Waals surface area (Å²) in [6.07, 6.45) is 0. The highest BCUT2D eigenvalue weighted by molar-refractivity contribution is 7.92. The Morgan fingerprint density at radius 3 is 2.39 bits per heavy atom. The zero-order valence-electron chi connectivity index (χ0n) is 16.8. The normalized spacial score (nSPS) is 12.3. The molecule has 31 heavy (non-hydrogen) atoms. The van der Waals surface area contributed by atoms with Gasteiger partial charge in [0.2, 0.25) is 6.79 Å². The first kappa shape index (κ1) is 20.5. The Bertz CT molecular complexity index is 1220. The summed E-state index contributed by atoms with van der Waals surface area (Å²) in [6.45, 7) is 0.106. The van der Waals surface area contributed by atoms with Crippen LogP contribution in [0.1, 0.15) is 10.4 Å². The van der Waals surface area contributed by atoms with Crippen molar-refractivity contribution in [3.8, 4) is 23.0 Å². The Kier molecular flexibility index (Phi) is 5.43. The summed E-state index contributed by atoms with van der Waals surface area (Å²) >= 11 is 0. The Labute approximate surface area is 179 Å². The summed E-state index contributed by atoms with van der Waals surface area (Å²) in [7, 11) is -0.930. The van der Waals surface area contributed by atoms with Gasteiger partial charge in [0.25, 0.3) is 10.0 Å². The maximum Gasteiger partial charge on any atom is 0.343 e. The van der Waals surface area contributed by atoms with Crippen molar-refractivity contribution < 1.29 is 32.2 Å². The van der Waals surface area contributed by atoms with Crippen molar-refractivity contribution in [2.75, 3.05) is 25.3 Å². The minimum absolute atomic E-state index is 0.0362. The molecular formula is C22H19NO7S. The van der Waals surface area contributed by atoms with Crippen molar-refractivity contribution >= 4 is 21.7 Å². The van der Waals surface area contributed by atoms with E-state index in [9.17, 15) is 13.2 Å². The van der Waals surface area contributed by atoms with Crippen LogP contribution in [0.15, 0.2) is 71.6 Å². The van der Waals surface area contributed by atoms with Gasteiger partial charge >= 0.3 is 5.97 Å². The smallest absolute Gasteiger partial charge is 0.343 e. The lowest BCUT2D eigenvalue weighted by Crippen LogP contribution is -2.26. The summed E-state index contributed by atoms with van der Waals surface area (Å²) in [5.41, 5.74) is 0.552. The molecule has 0 spiro atoms. The fourth-order valence-electron chi connectivity index (χ4n) is 2.98. The number of benzene rings is 3. The second-order valence-corrected chi connectivity index (χ2v) is 8.57. The van der Waals surface area contributed by atoms with Crippen LogP contribution in [0.4, 0.5) is 5.69 Å². The lowest BCUT2D eigenvalue weighted by molar-refractivity contribution is 0.0734. The number of anilines is 1. The summed E-state index contributed by atoms with van der Waals surface area (Å²) in [4.78, 5) is 12.6. The first-order valence-electron chi connectivity index (χ1n) is 9.23. The lowest BCUT2D eigenvalue weighted by Gasteiger charge is -2.20. The number of ether oxygens (including phenoxy) is 4. The topological polar surface area (TPSA) is 91.4 Å². The number of nitrogens with zero attached hydrogens (tertiary/aromatic N) is 1. The number of esters is 1. The summed E-state index contributed by atoms with van der Waals surface area (Å²) in [5.74, 6) is 1.22. The monoisotopic (exact) mass is 441 g/mol. The molecule has 0 radical (unpaired) electrons. The van der Waals surface area contributed by atoms with Gasteiger partial charge in [0.05, 0.1) is 23.3 Å². The molecule has 0 unspecified atom stereocenters. The van der Waals surface area contributed by atoms with E-state index in [2.05, 4.69) is 0 Å². The van der Waals surface area contributed by atoms with E-state index in [1.807, 2.05) is 0 Å². The Hall–Kier alpha value is -3.72. The predicted molar refractivity (Wildman–Crippen MR) is 113 cm³/mol. The number of fused-ring (bicyclic) bond motifs is 1. The molecule has 0 fully saturated rings. The second-order valence-electron chi connectivity index (χ2n) is 6.60.